The number of nitrogens with one attached hydrogen (secondary N) is 2. The van der Waals surface area contributed by atoms with Crippen molar-refractivity contribution in [2.24, 2.45) is 11.8 Å². The van der Waals surface area contributed by atoms with E-state index in [9.17, 15) is 33.9 Å². The number of anilines is 1. The van der Waals surface area contributed by atoms with Crippen molar-refractivity contribution < 1.29 is 119 Å². The van der Waals surface area contributed by atoms with Crippen LogP contribution in [0.25, 0.3) is 0 Å². The number of alkyl carbamates (subject to hydrolysis) is 1. The summed E-state index contributed by atoms with van der Waals surface area (Å²) in [7, 11) is 4.81. The van der Waals surface area contributed by atoms with Crippen LogP contribution in [-0.2, 0) is 124 Å². The van der Waals surface area contributed by atoms with Gasteiger partial charge < -0.3 is 101 Å². The van der Waals surface area contributed by atoms with Crippen molar-refractivity contribution in [1.29, 1.82) is 0 Å². The van der Waals surface area contributed by atoms with Gasteiger partial charge in [-0.25, -0.2) is 14.3 Å². The quantitative estimate of drug-likeness (QED) is 0.0277. The monoisotopic (exact) mass is 1640 g/mol. The largest absolute Gasteiger partial charge is 0.448 e. The number of carbonyl (C=O) groups is 6. The first-order valence-corrected chi connectivity index (χ1v) is 43.0. The second-order valence-electron chi connectivity index (χ2n) is 31.5. The predicted molar refractivity (Wildman–Crippen MR) is 414 cm³/mol. The lowest BCUT2D eigenvalue weighted by Crippen LogP contribution is -2.61. The fourth-order valence-electron chi connectivity index (χ4n) is 16.8. The van der Waals surface area contributed by atoms with Crippen molar-refractivity contribution >= 4 is 63.0 Å². The molecule has 2 aromatic rings. The molecule has 1 aromatic carbocycles. The number of methoxy groups -OCH3 is 1. The van der Waals surface area contributed by atoms with Crippen LogP contribution in [0, 0.1) is 11.8 Å². The number of fused-ring (bicyclic) bond motifs is 6. The Morgan fingerprint density at radius 1 is 0.693 bits per heavy atom. The lowest BCUT2D eigenvalue weighted by atomic mass is 9.81. The number of benzene rings is 1. The van der Waals surface area contributed by atoms with Crippen molar-refractivity contribution in [3.8, 4) is 0 Å². The first-order valence-electron chi connectivity index (χ1n) is 40.5. The van der Waals surface area contributed by atoms with Crippen molar-refractivity contribution in [2.45, 2.75) is 239 Å². The molecule has 10 fully saturated rings. The highest BCUT2D eigenvalue weighted by Crippen LogP contribution is 2.55. The summed E-state index contributed by atoms with van der Waals surface area (Å²) in [5.74, 6) is -2.17. The van der Waals surface area contributed by atoms with Gasteiger partial charge in [-0.2, -0.15) is 0 Å². The Balaban J connectivity index is 0.533. The third kappa shape index (κ3) is 24.6. The minimum atomic E-state index is -1.07. The number of ketones is 1. The topological polar surface area (TPSA) is 350 Å². The van der Waals surface area contributed by atoms with E-state index in [4.69, 9.17) is 85.3 Å². The molecule has 634 valence electrons. The standard InChI is InChI=1S/C80H117N7O25S2/c1-50-38-58-12-14-62-51(2)39-60(105-62)18-20-80-44-67-73(111-80)74-75(110-67)76(112-80)72-63(109-74)15-13-59(107-72)40-56(88)41-61-65(43-64(106-58)52(50)3)108-66(71(61)95-6)42-57(89)45-82-77(93)103-47-53-8-10-55(11-9-53)86(78(94)104-49-79(4,5)114-113-7)24-27-98-30-33-100-32-29-97-26-23-85-46-54(83-84-85)48-102-37-36-101-35-34-99-31-28-96-25-21-81-68(90)19-22-87-69(91)16-17-70(87)92/h8-11,16-17,46,50,57-67,71-76,89H,2-3,12-15,18-45,47-49H2,1,4-7H3,(H,81,90)(H,82,93)/t50-,57+,58+,59?,60+,61+,62?,63+,64?,65+,66-,67?,71-,72+,73-,74?,75-,76+,80+/m1/s1. The SMILES string of the molecule is C=C1C[C@@H]2CC[C@@]34CC5O[C@@H]6C(O[C@H]7CCC(CC(=O)C[C@@H]8[C@@H](OC)[C@@H](C[C@H](O)CNC(=O)OCc9ccc(N(CCOCCOCCOCCn%10cc(COCCOCCOCCOCCNC(=O)CCN%11C(=O)C=CC%11=O)nn%10)C(=O)OCC(C)(C)SSC)cc9)O[C@H]8CC8O[C@@H](CCC1O2)C[C@@H](C)C8=C)O[C@@H]7[C@@H]6O3)[C@@H]5O4. The fraction of sp³-hybridized carbons (Fsp3) is 0.750. The van der Waals surface area contributed by atoms with Crippen LogP contribution in [-0.4, -0.2) is 301 Å². The molecular formula is C80H117N7O25S2. The van der Waals surface area contributed by atoms with Gasteiger partial charge >= 0.3 is 12.2 Å². The number of aromatic nitrogens is 3. The van der Waals surface area contributed by atoms with Gasteiger partial charge in [0.1, 0.15) is 55.2 Å². The smallest absolute Gasteiger partial charge is 0.414 e. The zero-order valence-electron chi connectivity index (χ0n) is 66.4. The van der Waals surface area contributed by atoms with Gasteiger partial charge in [0.15, 0.2) is 5.79 Å². The second kappa shape index (κ2) is 42.9. The van der Waals surface area contributed by atoms with Crippen LogP contribution in [0.1, 0.15) is 122 Å². The summed E-state index contributed by atoms with van der Waals surface area (Å²) in [5.41, 5.74) is 3.94. The number of aliphatic hydroxyl groups excluding tert-OH is 1. The number of hydrogen-bond donors (Lipinski definition) is 3. The molecule has 34 heteroatoms. The maximum Gasteiger partial charge on any atom is 0.414 e. The number of rotatable bonds is 41. The summed E-state index contributed by atoms with van der Waals surface area (Å²) >= 11 is 0. The molecule has 0 aliphatic carbocycles. The first-order chi connectivity index (χ1) is 55.2. The summed E-state index contributed by atoms with van der Waals surface area (Å²) in [6.45, 7) is 20.8. The van der Waals surface area contributed by atoms with E-state index in [1.807, 2.05) is 20.1 Å². The fourth-order valence-corrected chi connectivity index (χ4v) is 18.8. The van der Waals surface area contributed by atoms with Gasteiger partial charge in [0.2, 0.25) is 5.91 Å². The Kier molecular flexibility index (Phi) is 33.0. The zero-order valence-corrected chi connectivity index (χ0v) is 68.0. The maximum atomic E-state index is 14.6. The average molecular weight is 1640 g/mol. The number of hydrogen-bond acceptors (Lipinski definition) is 29. The highest BCUT2D eigenvalue weighted by molar-refractivity contribution is 8.77. The summed E-state index contributed by atoms with van der Waals surface area (Å²) < 4.78 is 113. The minimum Gasteiger partial charge on any atom is -0.448 e. The summed E-state index contributed by atoms with van der Waals surface area (Å²) in [4.78, 5) is 79.3. The molecule has 0 radical (unpaired) electrons. The van der Waals surface area contributed by atoms with Crippen molar-refractivity contribution in [2.75, 3.05) is 137 Å². The number of aliphatic hydroxyl groups is 1. The molecule has 12 bridgehead atoms. The summed E-state index contributed by atoms with van der Waals surface area (Å²) in [6, 6.07) is 7.02. The highest BCUT2D eigenvalue weighted by atomic mass is 33.1. The molecule has 3 N–H and O–H groups in total. The Morgan fingerprint density at radius 2 is 1.36 bits per heavy atom. The first kappa shape index (κ1) is 87.7. The molecule has 1 aromatic heterocycles. The molecule has 13 rings (SSSR count). The van der Waals surface area contributed by atoms with E-state index < -0.39 is 72.3 Å². The van der Waals surface area contributed by atoms with Gasteiger partial charge in [0.25, 0.3) is 11.8 Å². The molecule has 1 spiro atoms. The van der Waals surface area contributed by atoms with Crippen LogP contribution in [0.15, 0.2) is 66.9 Å². The van der Waals surface area contributed by atoms with E-state index in [1.54, 1.807) is 63.8 Å². The van der Waals surface area contributed by atoms with Gasteiger partial charge in [0, 0.05) is 95.4 Å². The third-order valence-electron chi connectivity index (χ3n) is 22.5. The molecule has 10 saturated heterocycles. The Morgan fingerprint density at radius 3 is 2.10 bits per heavy atom. The van der Waals surface area contributed by atoms with Crippen molar-refractivity contribution in [1.82, 2.24) is 30.5 Å². The van der Waals surface area contributed by atoms with Gasteiger partial charge in [-0.15, -0.1) is 5.10 Å². The lowest BCUT2D eigenvalue weighted by molar-refractivity contribution is -0.292. The average Bonchev–Trinajstić information content (AvgIpc) is 1.55. The van der Waals surface area contributed by atoms with Gasteiger partial charge in [-0.1, -0.05) is 59.0 Å². The molecule has 114 heavy (non-hydrogen) atoms. The van der Waals surface area contributed by atoms with E-state index in [-0.39, 0.29) is 162 Å². The van der Waals surface area contributed by atoms with E-state index in [0.717, 1.165) is 48.2 Å². The predicted octanol–water partition coefficient (Wildman–Crippen LogP) is 6.48. The molecule has 5 unspecified atom stereocenters. The Labute approximate surface area is 675 Å². The van der Waals surface area contributed by atoms with Gasteiger partial charge in [-0.3, -0.25) is 29.0 Å². The van der Waals surface area contributed by atoms with Gasteiger partial charge in [-0.05, 0) is 99.8 Å². The molecular weight excluding hydrogens is 1520 g/mol. The third-order valence-corrected chi connectivity index (χ3v) is 25.1. The van der Waals surface area contributed by atoms with Gasteiger partial charge in [0.05, 0.1) is 184 Å². The lowest BCUT2D eigenvalue weighted by Gasteiger charge is -2.47. The molecule has 0 saturated carbocycles. The van der Waals surface area contributed by atoms with Crippen LogP contribution in [0.5, 0.6) is 0 Å². The minimum absolute atomic E-state index is 0.0126. The normalized spacial score (nSPS) is 30.9. The van der Waals surface area contributed by atoms with Crippen LogP contribution in [0.4, 0.5) is 15.3 Å². The van der Waals surface area contributed by atoms with Crippen molar-refractivity contribution in [3.05, 3.63) is 78.2 Å². The molecule has 32 nitrogen and oxygen atoms in total. The molecule has 5 amide bonds. The van der Waals surface area contributed by atoms with Crippen LogP contribution in [0.2, 0.25) is 0 Å². The number of amides is 5. The Bertz CT molecular complexity index is 3510. The van der Waals surface area contributed by atoms with Crippen molar-refractivity contribution in [3.63, 3.8) is 0 Å². The Hall–Kier alpha value is -5.58. The zero-order chi connectivity index (χ0) is 80.1. The second-order valence-corrected chi connectivity index (χ2v) is 34.6. The van der Waals surface area contributed by atoms with E-state index in [1.165, 1.54) is 17.1 Å². The summed E-state index contributed by atoms with van der Waals surface area (Å²) in [5, 5.41) is 25.3. The number of carbonyl (C=O) groups excluding carboxylic acids is 6. The number of ether oxygens (including phenoxy) is 18. The van der Waals surface area contributed by atoms with Crippen LogP contribution < -0.4 is 15.5 Å². The molecule has 11 aliphatic rings. The van der Waals surface area contributed by atoms with Crippen LogP contribution >= 0.6 is 21.6 Å². The highest BCUT2D eigenvalue weighted by Gasteiger charge is 2.69. The van der Waals surface area contributed by atoms with Crippen LogP contribution in [0.3, 0.4) is 0 Å². The number of nitrogens with zero attached hydrogens (tertiary/aromatic N) is 5. The molecule has 19 atom stereocenters. The maximum absolute atomic E-state index is 14.6. The van der Waals surface area contributed by atoms with E-state index in [2.05, 4.69) is 41.0 Å². The molecule has 11 aliphatic heterocycles. The van der Waals surface area contributed by atoms with E-state index >= 15 is 0 Å². The summed E-state index contributed by atoms with van der Waals surface area (Å²) in [6.07, 6.45) is 6.54. The molecule has 12 heterocycles. The number of imide groups is 1. The van der Waals surface area contributed by atoms with E-state index in [0.29, 0.717) is 135 Å². The number of Topliss-reactive ketones (excluding diaryl/α,β-unsaturated/α-hetero) is 1.